The highest BCUT2D eigenvalue weighted by atomic mass is 14.4. The van der Waals surface area contributed by atoms with Gasteiger partial charge in [-0.1, -0.05) is 109 Å². The van der Waals surface area contributed by atoms with Crippen LogP contribution in [0.2, 0.25) is 0 Å². The van der Waals surface area contributed by atoms with Gasteiger partial charge in [0.2, 0.25) is 0 Å². The van der Waals surface area contributed by atoms with Gasteiger partial charge < -0.3 is 0 Å². The van der Waals surface area contributed by atoms with Gasteiger partial charge in [0.15, 0.2) is 0 Å². The van der Waals surface area contributed by atoms with Gasteiger partial charge in [-0.25, -0.2) is 0 Å². The van der Waals surface area contributed by atoms with Crippen molar-refractivity contribution in [2.45, 2.75) is 18.3 Å². The lowest BCUT2D eigenvalue weighted by molar-refractivity contribution is 0.643. The second-order valence-corrected chi connectivity index (χ2v) is 7.34. The molecule has 0 amide bonds. The standard InChI is InChI=1S/C27H22/c1-3-11-21(12-4-1)19-20-27(22-13-5-2-6-14-22)25-17-9-7-15-23(25)24-16-8-10-18-26(24)27/h1-11,13-19H,12,20H2/b21-19+. The molecule has 0 atom stereocenters. The zero-order valence-electron chi connectivity index (χ0n) is 15.3. The molecule has 0 aliphatic heterocycles. The smallest absolute Gasteiger partial charge is 0.0498 e. The van der Waals surface area contributed by atoms with Crippen molar-refractivity contribution >= 4 is 0 Å². The minimum Gasteiger partial charge on any atom is -0.0801 e. The van der Waals surface area contributed by atoms with Crippen LogP contribution in [-0.2, 0) is 5.41 Å². The summed E-state index contributed by atoms with van der Waals surface area (Å²) < 4.78 is 0. The maximum absolute atomic E-state index is 2.44. The molecule has 5 rings (SSSR count). The molecule has 0 heterocycles. The average molecular weight is 346 g/mol. The summed E-state index contributed by atoms with van der Waals surface area (Å²) in [6.45, 7) is 0. The summed E-state index contributed by atoms with van der Waals surface area (Å²) in [5, 5.41) is 0. The Morgan fingerprint density at radius 1 is 0.704 bits per heavy atom. The average Bonchev–Trinajstić information content (AvgIpc) is 3.05. The van der Waals surface area contributed by atoms with Crippen LogP contribution in [0.25, 0.3) is 11.1 Å². The molecule has 0 nitrogen and oxygen atoms in total. The van der Waals surface area contributed by atoms with Crippen molar-refractivity contribution in [2.75, 3.05) is 0 Å². The Kier molecular flexibility index (Phi) is 3.90. The quantitative estimate of drug-likeness (QED) is 0.487. The maximum Gasteiger partial charge on any atom is 0.0498 e. The van der Waals surface area contributed by atoms with Gasteiger partial charge in [0.1, 0.15) is 0 Å². The molecule has 3 aromatic carbocycles. The van der Waals surface area contributed by atoms with Gasteiger partial charge in [0, 0.05) is 5.41 Å². The van der Waals surface area contributed by atoms with E-state index in [-0.39, 0.29) is 5.41 Å². The van der Waals surface area contributed by atoms with Gasteiger partial charge in [-0.15, -0.1) is 0 Å². The van der Waals surface area contributed by atoms with Crippen LogP contribution in [0.1, 0.15) is 29.5 Å². The number of hydrogen-bond donors (Lipinski definition) is 0. The van der Waals surface area contributed by atoms with Crippen LogP contribution in [0.4, 0.5) is 0 Å². The summed E-state index contributed by atoms with van der Waals surface area (Å²) in [6, 6.07) is 28.9. The van der Waals surface area contributed by atoms with Crippen molar-refractivity contribution in [3.8, 4) is 11.1 Å². The molecule has 0 N–H and O–H groups in total. The lowest BCUT2D eigenvalue weighted by Crippen LogP contribution is -2.26. The van der Waals surface area contributed by atoms with E-state index in [1.165, 1.54) is 33.4 Å². The molecule has 0 aromatic heterocycles. The second-order valence-electron chi connectivity index (χ2n) is 7.34. The molecular weight excluding hydrogens is 324 g/mol. The first-order chi connectivity index (χ1) is 13.4. The summed E-state index contributed by atoms with van der Waals surface area (Å²) in [5.74, 6) is 0. The topological polar surface area (TPSA) is 0 Å². The van der Waals surface area contributed by atoms with Gasteiger partial charge in [-0.05, 0) is 46.2 Å². The van der Waals surface area contributed by atoms with Crippen LogP contribution in [0.15, 0.2) is 115 Å². The first-order valence-corrected chi connectivity index (χ1v) is 9.67. The predicted octanol–water partition coefficient (Wildman–Crippen LogP) is 6.83. The van der Waals surface area contributed by atoms with Crippen LogP contribution in [0.3, 0.4) is 0 Å². The molecule has 3 aromatic rings. The summed E-state index contributed by atoms with van der Waals surface area (Å²) in [4.78, 5) is 0. The van der Waals surface area contributed by atoms with E-state index >= 15 is 0 Å². The van der Waals surface area contributed by atoms with Crippen LogP contribution < -0.4 is 0 Å². The summed E-state index contributed by atoms with van der Waals surface area (Å²) in [5.41, 5.74) is 8.22. The lowest BCUT2D eigenvalue weighted by atomic mass is 9.70. The van der Waals surface area contributed by atoms with E-state index < -0.39 is 0 Å². The Morgan fingerprint density at radius 2 is 1.33 bits per heavy atom. The predicted molar refractivity (Wildman–Crippen MR) is 114 cm³/mol. The molecule has 0 saturated carbocycles. The van der Waals surface area contributed by atoms with Crippen molar-refractivity contribution in [1.82, 2.24) is 0 Å². The Bertz CT molecular complexity index is 1020. The van der Waals surface area contributed by atoms with Crippen LogP contribution in [-0.4, -0.2) is 0 Å². The molecule has 0 bridgehead atoms. The molecule has 0 radical (unpaired) electrons. The highest BCUT2D eigenvalue weighted by Crippen LogP contribution is 2.54. The molecule has 0 heteroatoms. The van der Waals surface area contributed by atoms with E-state index in [1.54, 1.807) is 0 Å². The van der Waals surface area contributed by atoms with Crippen molar-refractivity contribution in [3.05, 3.63) is 132 Å². The fraction of sp³-hybridized carbons (Fsp3) is 0.111. The van der Waals surface area contributed by atoms with Crippen molar-refractivity contribution in [1.29, 1.82) is 0 Å². The fourth-order valence-electron chi connectivity index (χ4n) is 4.66. The summed E-state index contributed by atoms with van der Waals surface area (Å²) >= 11 is 0. The third-order valence-electron chi connectivity index (χ3n) is 5.91. The van der Waals surface area contributed by atoms with Crippen LogP contribution >= 0.6 is 0 Å². The summed E-state index contributed by atoms with van der Waals surface area (Å²) in [7, 11) is 0. The Morgan fingerprint density at radius 3 is 1.96 bits per heavy atom. The molecule has 2 aliphatic carbocycles. The van der Waals surface area contributed by atoms with E-state index in [4.69, 9.17) is 0 Å². The molecule has 0 unspecified atom stereocenters. The molecule has 2 aliphatic rings. The van der Waals surface area contributed by atoms with E-state index in [2.05, 4.69) is 109 Å². The number of allylic oxidation sites excluding steroid dienone is 6. The minimum absolute atomic E-state index is 0.129. The maximum atomic E-state index is 2.44. The normalized spacial score (nSPS) is 17.7. The number of rotatable bonds is 3. The largest absolute Gasteiger partial charge is 0.0801 e. The van der Waals surface area contributed by atoms with E-state index in [0.29, 0.717) is 0 Å². The summed E-state index contributed by atoms with van der Waals surface area (Å²) in [6.07, 6.45) is 13.2. The number of fused-ring (bicyclic) bond motifs is 3. The van der Waals surface area contributed by atoms with Gasteiger partial charge in [0.05, 0.1) is 0 Å². The monoisotopic (exact) mass is 346 g/mol. The zero-order valence-corrected chi connectivity index (χ0v) is 15.3. The second kappa shape index (κ2) is 6.55. The zero-order chi connectivity index (χ0) is 18.1. The number of hydrogen-bond acceptors (Lipinski definition) is 0. The number of benzene rings is 3. The van der Waals surface area contributed by atoms with Crippen molar-refractivity contribution in [3.63, 3.8) is 0 Å². The van der Waals surface area contributed by atoms with Crippen molar-refractivity contribution < 1.29 is 0 Å². The first-order valence-electron chi connectivity index (χ1n) is 9.67. The highest BCUT2D eigenvalue weighted by molar-refractivity contribution is 5.83. The molecule has 0 spiro atoms. The van der Waals surface area contributed by atoms with Gasteiger partial charge in [-0.2, -0.15) is 0 Å². The van der Waals surface area contributed by atoms with Crippen LogP contribution in [0, 0.1) is 0 Å². The SMILES string of the molecule is C1=CC/C(=C/CC2(c3ccccc3)c3ccccc3-c3ccccc32)C=C1. The van der Waals surface area contributed by atoms with Gasteiger partial charge in [0.25, 0.3) is 0 Å². The third kappa shape index (κ3) is 2.52. The molecule has 130 valence electrons. The highest BCUT2D eigenvalue weighted by Gasteiger charge is 2.43. The molecule has 27 heavy (non-hydrogen) atoms. The molecule has 0 saturated heterocycles. The minimum atomic E-state index is -0.129. The fourth-order valence-corrected chi connectivity index (χ4v) is 4.66. The van der Waals surface area contributed by atoms with Crippen molar-refractivity contribution in [2.24, 2.45) is 0 Å². The first kappa shape index (κ1) is 16.1. The van der Waals surface area contributed by atoms with E-state index in [1.807, 2.05) is 0 Å². The Labute approximate surface area is 161 Å². The van der Waals surface area contributed by atoms with Gasteiger partial charge in [-0.3, -0.25) is 0 Å². The Hall–Kier alpha value is -3.12. The third-order valence-corrected chi connectivity index (χ3v) is 5.91. The lowest BCUT2D eigenvalue weighted by Gasteiger charge is -2.32. The van der Waals surface area contributed by atoms with Crippen LogP contribution in [0.5, 0.6) is 0 Å². The molecular formula is C27H22. The Balaban J connectivity index is 1.76. The van der Waals surface area contributed by atoms with E-state index in [0.717, 1.165) is 12.8 Å². The van der Waals surface area contributed by atoms with Gasteiger partial charge >= 0.3 is 0 Å². The van der Waals surface area contributed by atoms with E-state index in [9.17, 15) is 0 Å². The molecule has 0 fully saturated rings.